The Morgan fingerprint density at radius 1 is 1.40 bits per heavy atom. The van der Waals surface area contributed by atoms with E-state index in [2.05, 4.69) is 6.07 Å². The van der Waals surface area contributed by atoms with Gasteiger partial charge >= 0.3 is 5.69 Å². The predicted molar refractivity (Wildman–Crippen MR) is 93.4 cm³/mol. The van der Waals surface area contributed by atoms with Crippen LogP contribution in [0.2, 0.25) is 0 Å². The highest BCUT2D eigenvalue weighted by molar-refractivity contribution is 5.52. The fourth-order valence-corrected chi connectivity index (χ4v) is 2.75. The summed E-state index contributed by atoms with van der Waals surface area (Å²) in [4.78, 5) is 25.5. The Bertz CT molecular complexity index is 862. The molecule has 0 saturated carbocycles. The molecule has 1 atom stereocenters. The van der Waals surface area contributed by atoms with Gasteiger partial charge in [0.1, 0.15) is 5.69 Å². The number of nitro groups is 1. The summed E-state index contributed by atoms with van der Waals surface area (Å²) in [7, 11) is 0. The second-order valence-electron chi connectivity index (χ2n) is 5.95. The molecule has 1 aromatic carbocycles. The molecular formula is C17H21N5O3. The highest BCUT2D eigenvalue weighted by atomic mass is 16.6. The molecule has 0 aliphatic heterocycles. The molecular weight excluding hydrogens is 322 g/mol. The zero-order valence-corrected chi connectivity index (χ0v) is 14.5. The number of para-hydroxylation sites is 2. The van der Waals surface area contributed by atoms with Crippen molar-refractivity contribution in [3.63, 3.8) is 0 Å². The molecule has 0 spiro atoms. The molecule has 0 aliphatic carbocycles. The molecule has 0 amide bonds. The summed E-state index contributed by atoms with van der Waals surface area (Å²) >= 11 is 0. The standard InChI is InChI=1S/C17H21N5O3/c1-4-19(10-13(2)9-18)12-20-11-14(3)21(17(20)23)15-7-5-6-8-16(15)22(24)25/h5-8,11,13H,4,10,12H2,1-3H3. The second-order valence-corrected chi connectivity index (χ2v) is 5.95. The van der Waals surface area contributed by atoms with E-state index in [0.717, 1.165) is 0 Å². The van der Waals surface area contributed by atoms with Gasteiger partial charge in [0, 0.05) is 24.5 Å². The molecule has 1 aromatic heterocycles. The summed E-state index contributed by atoms with van der Waals surface area (Å²) in [6, 6.07) is 8.36. The fraction of sp³-hybridized carbons (Fsp3) is 0.412. The Morgan fingerprint density at radius 2 is 2.08 bits per heavy atom. The highest BCUT2D eigenvalue weighted by Gasteiger charge is 2.20. The van der Waals surface area contributed by atoms with E-state index in [1.807, 2.05) is 18.7 Å². The number of rotatable bonds is 7. The summed E-state index contributed by atoms with van der Waals surface area (Å²) in [6.45, 7) is 7.10. The van der Waals surface area contributed by atoms with Crippen LogP contribution in [0.1, 0.15) is 19.5 Å². The molecule has 0 bridgehead atoms. The predicted octanol–water partition coefficient (Wildman–Crippen LogP) is 2.29. The van der Waals surface area contributed by atoms with Crippen molar-refractivity contribution in [2.24, 2.45) is 5.92 Å². The van der Waals surface area contributed by atoms with Gasteiger partial charge in [0.05, 0.1) is 23.6 Å². The SMILES string of the molecule is CCN(CC(C)C#N)Cn1cc(C)n(-c2ccccc2[N+](=O)[O-])c1=O. The Kier molecular flexibility index (Phi) is 5.72. The summed E-state index contributed by atoms with van der Waals surface area (Å²) in [6.07, 6.45) is 1.68. The molecule has 0 fully saturated rings. The lowest BCUT2D eigenvalue weighted by molar-refractivity contribution is -0.384. The average Bonchev–Trinajstić information content (AvgIpc) is 2.87. The van der Waals surface area contributed by atoms with Crippen LogP contribution in [0, 0.1) is 34.3 Å². The van der Waals surface area contributed by atoms with E-state index in [1.54, 1.807) is 31.3 Å². The Balaban J connectivity index is 2.41. The number of nitriles is 1. The van der Waals surface area contributed by atoms with Gasteiger partial charge in [-0.3, -0.25) is 24.1 Å². The topological polar surface area (TPSA) is 97.1 Å². The number of hydrogen-bond acceptors (Lipinski definition) is 5. The molecule has 25 heavy (non-hydrogen) atoms. The zero-order chi connectivity index (χ0) is 18.6. The van der Waals surface area contributed by atoms with Crippen molar-refractivity contribution < 1.29 is 4.92 Å². The maximum absolute atomic E-state index is 12.8. The van der Waals surface area contributed by atoms with Gasteiger partial charge in [-0.05, 0) is 26.5 Å². The largest absolute Gasteiger partial charge is 0.334 e. The van der Waals surface area contributed by atoms with E-state index in [-0.39, 0.29) is 23.0 Å². The molecule has 1 unspecified atom stereocenters. The van der Waals surface area contributed by atoms with Crippen LogP contribution in [-0.4, -0.2) is 32.0 Å². The Morgan fingerprint density at radius 3 is 2.68 bits per heavy atom. The molecule has 2 rings (SSSR count). The molecule has 2 aromatic rings. The first-order valence-electron chi connectivity index (χ1n) is 8.03. The first-order chi connectivity index (χ1) is 11.9. The lowest BCUT2D eigenvalue weighted by atomic mass is 10.2. The van der Waals surface area contributed by atoms with E-state index < -0.39 is 4.92 Å². The number of imidazole rings is 1. The van der Waals surface area contributed by atoms with Crippen molar-refractivity contribution in [2.75, 3.05) is 13.1 Å². The van der Waals surface area contributed by atoms with Gasteiger partial charge in [0.15, 0.2) is 0 Å². The van der Waals surface area contributed by atoms with Crippen LogP contribution in [-0.2, 0) is 6.67 Å². The normalized spacial score (nSPS) is 12.1. The number of aromatic nitrogens is 2. The summed E-state index contributed by atoms with van der Waals surface area (Å²) in [5.41, 5.74) is 0.414. The van der Waals surface area contributed by atoms with Crippen molar-refractivity contribution >= 4 is 5.69 Å². The summed E-state index contributed by atoms with van der Waals surface area (Å²) < 4.78 is 2.86. The zero-order valence-electron chi connectivity index (χ0n) is 14.5. The molecule has 0 aliphatic rings. The molecule has 0 N–H and O–H groups in total. The van der Waals surface area contributed by atoms with Gasteiger partial charge < -0.3 is 0 Å². The van der Waals surface area contributed by atoms with E-state index >= 15 is 0 Å². The first kappa shape index (κ1) is 18.4. The number of hydrogen-bond donors (Lipinski definition) is 0. The lowest BCUT2D eigenvalue weighted by Gasteiger charge is -2.21. The van der Waals surface area contributed by atoms with E-state index in [1.165, 1.54) is 15.2 Å². The Hall–Kier alpha value is -2.92. The van der Waals surface area contributed by atoms with E-state index in [9.17, 15) is 14.9 Å². The van der Waals surface area contributed by atoms with Crippen molar-refractivity contribution in [3.8, 4) is 11.8 Å². The van der Waals surface area contributed by atoms with E-state index in [0.29, 0.717) is 25.5 Å². The summed E-state index contributed by atoms with van der Waals surface area (Å²) in [5, 5.41) is 20.2. The number of nitro benzene ring substituents is 1. The Labute approximate surface area is 145 Å². The van der Waals surface area contributed by atoms with Crippen LogP contribution in [0.4, 0.5) is 5.69 Å². The highest BCUT2D eigenvalue weighted by Crippen LogP contribution is 2.22. The number of nitrogens with zero attached hydrogens (tertiary/aromatic N) is 5. The lowest BCUT2D eigenvalue weighted by Crippen LogP contribution is -2.35. The number of aryl methyl sites for hydroxylation is 1. The molecule has 0 saturated heterocycles. The minimum Gasteiger partial charge on any atom is -0.285 e. The van der Waals surface area contributed by atoms with Gasteiger partial charge in [-0.25, -0.2) is 4.79 Å². The minimum atomic E-state index is -0.495. The van der Waals surface area contributed by atoms with Gasteiger partial charge in [0.25, 0.3) is 5.69 Å². The minimum absolute atomic E-state index is 0.115. The van der Waals surface area contributed by atoms with Crippen molar-refractivity contribution in [1.29, 1.82) is 5.26 Å². The van der Waals surface area contributed by atoms with Crippen LogP contribution in [0.15, 0.2) is 35.3 Å². The second kappa shape index (κ2) is 7.77. The fourth-order valence-electron chi connectivity index (χ4n) is 2.75. The molecule has 8 nitrogen and oxygen atoms in total. The third-order valence-corrected chi connectivity index (χ3v) is 4.00. The maximum Gasteiger partial charge on any atom is 0.334 e. The molecule has 0 radical (unpaired) electrons. The van der Waals surface area contributed by atoms with Gasteiger partial charge in [-0.15, -0.1) is 0 Å². The quantitative estimate of drug-likeness (QED) is 0.567. The molecule has 1 heterocycles. The molecule has 8 heteroatoms. The van der Waals surface area contributed by atoms with Crippen molar-refractivity contribution in [2.45, 2.75) is 27.4 Å². The maximum atomic E-state index is 12.8. The van der Waals surface area contributed by atoms with Crippen LogP contribution < -0.4 is 5.69 Å². The van der Waals surface area contributed by atoms with Gasteiger partial charge in [-0.1, -0.05) is 19.1 Å². The van der Waals surface area contributed by atoms with Crippen molar-refractivity contribution in [3.05, 3.63) is 56.8 Å². The van der Waals surface area contributed by atoms with Crippen LogP contribution in [0.5, 0.6) is 0 Å². The third kappa shape index (κ3) is 3.95. The smallest absolute Gasteiger partial charge is 0.285 e. The third-order valence-electron chi connectivity index (χ3n) is 4.00. The van der Waals surface area contributed by atoms with E-state index in [4.69, 9.17) is 5.26 Å². The average molecular weight is 343 g/mol. The van der Waals surface area contributed by atoms with Crippen LogP contribution in [0.25, 0.3) is 5.69 Å². The first-order valence-corrected chi connectivity index (χ1v) is 8.03. The van der Waals surface area contributed by atoms with Crippen LogP contribution in [0.3, 0.4) is 0 Å². The molecule has 132 valence electrons. The van der Waals surface area contributed by atoms with Gasteiger partial charge in [-0.2, -0.15) is 5.26 Å². The van der Waals surface area contributed by atoms with Crippen LogP contribution >= 0.6 is 0 Å². The van der Waals surface area contributed by atoms with Gasteiger partial charge in [0.2, 0.25) is 0 Å². The number of benzene rings is 1. The van der Waals surface area contributed by atoms with Crippen molar-refractivity contribution in [1.82, 2.24) is 14.0 Å². The monoisotopic (exact) mass is 343 g/mol. The summed E-state index contributed by atoms with van der Waals surface area (Å²) in [5.74, 6) is -0.144.